The molecule has 0 spiro atoms. The van der Waals surface area contributed by atoms with Crippen LogP contribution in [0.3, 0.4) is 0 Å². The van der Waals surface area contributed by atoms with Crippen LogP contribution in [0.5, 0.6) is 0 Å². The molecule has 1 aromatic carbocycles. The first-order valence-corrected chi connectivity index (χ1v) is 9.24. The fraction of sp³-hybridized carbons (Fsp3) is 0.421. The van der Waals surface area contributed by atoms with Gasteiger partial charge in [0.05, 0.1) is 13.2 Å². The zero-order chi connectivity index (χ0) is 19.9. The summed E-state index contributed by atoms with van der Waals surface area (Å²) in [7, 11) is 0. The Labute approximate surface area is 163 Å². The van der Waals surface area contributed by atoms with Gasteiger partial charge in [0.25, 0.3) is 0 Å². The minimum atomic E-state index is -0.391. The summed E-state index contributed by atoms with van der Waals surface area (Å²) in [5, 5.41) is 8.52. The number of anilines is 3. The number of nitrogens with one attached hydrogen (secondary N) is 3. The Morgan fingerprint density at radius 2 is 1.96 bits per heavy atom. The highest BCUT2D eigenvalue weighted by Gasteiger charge is 2.14. The van der Waals surface area contributed by atoms with E-state index in [9.17, 15) is 9.18 Å². The van der Waals surface area contributed by atoms with Crippen molar-refractivity contribution in [3.63, 3.8) is 0 Å². The highest BCUT2D eigenvalue weighted by Crippen LogP contribution is 2.17. The number of hydrogen-bond acceptors (Lipinski definition) is 6. The third kappa shape index (κ3) is 5.53. The summed E-state index contributed by atoms with van der Waals surface area (Å²) in [4.78, 5) is 22.9. The van der Waals surface area contributed by atoms with E-state index in [2.05, 4.69) is 30.8 Å². The number of morpholine rings is 1. The summed E-state index contributed by atoms with van der Waals surface area (Å²) in [5.74, 6) is 1.90. The summed E-state index contributed by atoms with van der Waals surface area (Å²) in [5.41, 5.74) is 0.946. The van der Waals surface area contributed by atoms with Gasteiger partial charge in [-0.25, -0.2) is 19.2 Å². The van der Waals surface area contributed by atoms with Crippen LogP contribution < -0.4 is 20.9 Å². The molecule has 9 heteroatoms. The minimum absolute atomic E-state index is 0.352. The fourth-order valence-electron chi connectivity index (χ4n) is 2.81. The summed E-state index contributed by atoms with van der Waals surface area (Å²) in [6.45, 7) is 7.39. The van der Waals surface area contributed by atoms with E-state index in [1.165, 1.54) is 6.07 Å². The molecule has 0 radical (unpaired) electrons. The average Bonchev–Trinajstić information content (AvgIpc) is 2.68. The second-order valence-corrected chi connectivity index (χ2v) is 6.53. The van der Waals surface area contributed by atoms with E-state index in [0.29, 0.717) is 49.2 Å². The maximum absolute atomic E-state index is 13.5. The number of halogens is 1. The number of nitrogens with zero attached hydrogens (tertiary/aromatic N) is 3. The van der Waals surface area contributed by atoms with E-state index in [0.717, 1.165) is 18.9 Å². The smallest absolute Gasteiger partial charge is 0.319 e. The lowest BCUT2D eigenvalue weighted by Crippen LogP contribution is -2.37. The van der Waals surface area contributed by atoms with Gasteiger partial charge in [0, 0.05) is 37.9 Å². The standard InChI is InChI=1S/C19H25FN6O2/c1-13-3-4-15(11-16(13)20)25-19(27)22-6-5-21-17-12-18(24-14(2)23-17)26-7-9-28-10-8-26/h3-4,11-12H,5-10H2,1-2H3,(H,21,23,24)(H2,22,25,27). The van der Waals surface area contributed by atoms with Crippen molar-refractivity contribution < 1.29 is 13.9 Å². The van der Waals surface area contributed by atoms with Crippen LogP contribution in [0.1, 0.15) is 11.4 Å². The molecule has 0 saturated carbocycles. The summed E-state index contributed by atoms with van der Waals surface area (Å²) in [6.07, 6.45) is 0. The molecule has 28 heavy (non-hydrogen) atoms. The lowest BCUT2D eigenvalue weighted by Gasteiger charge is -2.28. The molecule has 1 aromatic heterocycles. The number of ether oxygens (including phenoxy) is 1. The highest BCUT2D eigenvalue weighted by atomic mass is 19.1. The Bertz CT molecular complexity index is 826. The zero-order valence-electron chi connectivity index (χ0n) is 16.1. The van der Waals surface area contributed by atoms with Gasteiger partial charge in [-0.3, -0.25) is 0 Å². The summed E-state index contributed by atoms with van der Waals surface area (Å²) in [6, 6.07) is 6.08. The molecule has 2 aromatic rings. The molecule has 8 nitrogen and oxygen atoms in total. The fourth-order valence-corrected chi connectivity index (χ4v) is 2.81. The predicted molar refractivity (Wildman–Crippen MR) is 106 cm³/mol. The van der Waals surface area contributed by atoms with E-state index in [4.69, 9.17) is 4.74 Å². The third-order valence-electron chi connectivity index (χ3n) is 4.31. The van der Waals surface area contributed by atoms with Gasteiger partial charge in [-0.1, -0.05) is 6.07 Å². The molecule has 0 atom stereocenters. The number of hydrogen-bond donors (Lipinski definition) is 3. The number of aromatic nitrogens is 2. The first-order valence-electron chi connectivity index (χ1n) is 9.24. The van der Waals surface area contributed by atoms with E-state index in [1.807, 2.05) is 13.0 Å². The molecule has 1 fully saturated rings. The highest BCUT2D eigenvalue weighted by molar-refractivity contribution is 5.89. The Morgan fingerprint density at radius 1 is 1.18 bits per heavy atom. The molecule has 1 aliphatic heterocycles. The average molecular weight is 388 g/mol. The first-order chi connectivity index (χ1) is 13.5. The van der Waals surface area contributed by atoms with Crippen molar-refractivity contribution in [3.05, 3.63) is 41.5 Å². The molecule has 0 bridgehead atoms. The Balaban J connectivity index is 1.46. The van der Waals surface area contributed by atoms with Crippen LogP contribution in [-0.4, -0.2) is 55.4 Å². The Morgan fingerprint density at radius 3 is 2.71 bits per heavy atom. The van der Waals surface area contributed by atoms with Crippen LogP contribution in [0.4, 0.5) is 26.5 Å². The van der Waals surface area contributed by atoms with Crippen molar-refractivity contribution in [1.82, 2.24) is 15.3 Å². The summed E-state index contributed by atoms with van der Waals surface area (Å²) >= 11 is 0. The van der Waals surface area contributed by atoms with Crippen LogP contribution in [0, 0.1) is 19.7 Å². The van der Waals surface area contributed by atoms with E-state index in [1.54, 1.807) is 19.1 Å². The molecule has 0 aliphatic carbocycles. The predicted octanol–water partition coefficient (Wildman–Crippen LogP) is 2.30. The van der Waals surface area contributed by atoms with Crippen LogP contribution in [0.25, 0.3) is 0 Å². The molecule has 2 amide bonds. The van der Waals surface area contributed by atoms with Crippen molar-refractivity contribution in [2.75, 3.05) is 54.9 Å². The van der Waals surface area contributed by atoms with Crippen LogP contribution in [0.2, 0.25) is 0 Å². The zero-order valence-corrected chi connectivity index (χ0v) is 16.1. The van der Waals surface area contributed by atoms with Gasteiger partial charge in [0.1, 0.15) is 23.3 Å². The van der Waals surface area contributed by atoms with Gasteiger partial charge in [-0.05, 0) is 31.5 Å². The third-order valence-corrected chi connectivity index (χ3v) is 4.31. The van der Waals surface area contributed by atoms with Gasteiger partial charge in [-0.2, -0.15) is 0 Å². The van der Waals surface area contributed by atoms with Crippen LogP contribution in [-0.2, 0) is 4.74 Å². The molecule has 3 rings (SSSR count). The van der Waals surface area contributed by atoms with E-state index in [-0.39, 0.29) is 5.82 Å². The molecule has 0 unspecified atom stereocenters. The van der Waals surface area contributed by atoms with Crippen molar-refractivity contribution >= 4 is 23.4 Å². The summed E-state index contributed by atoms with van der Waals surface area (Å²) < 4.78 is 18.9. The maximum atomic E-state index is 13.5. The lowest BCUT2D eigenvalue weighted by molar-refractivity contribution is 0.122. The number of amides is 2. The number of urea groups is 1. The molecule has 2 heterocycles. The first kappa shape index (κ1) is 19.8. The van der Waals surface area contributed by atoms with Crippen molar-refractivity contribution in [1.29, 1.82) is 0 Å². The second-order valence-electron chi connectivity index (χ2n) is 6.53. The van der Waals surface area contributed by atoms with Crippen molar-refractivity contribution in [3.8, 4) is 0 Å². The Kier molecular flexibility index (Phi) is 6.59. The molecular weight excluding hydrogens is 363 g/mol. The number of aryl methyl sites for hydroxylation is 2. The van der Waals surface area contributed by atoms with Gasteiger partial charge < -0.3 is 25.6 Å². The maximum Gasteiger partial charge on any atom is 0.319 e. The largest absolute Gasteiger partial charge is 0.378 e. The van der Waals surface area contributed by atoms with E-state index < -0.39 is 6.03 Å². The number of benzene rings is 1. The number of carbonyl (C=O) groups is 1. The topological polar surface area (TPSA) is 91.4 Å². The quantitative estimate of drug-likeness (QED) is 0.658. The Hall–Kier alpha value is -2.94. The SMILES string of the molecule is Cc1nc(NCCNC(=O)Nc2ccc(C)c(F)c2)cc(N2CCOCC2)n1. The minimum Gasteiger partial charge on any atom is -0.378 e. The molecular formula is C19H25FN6O2. The molecule has 1 aliphatic rings. The lowest BCUT2D eigenvalue weighted by atomic mass is 10.2. The van der Waals surface area contributed by atoms with Crippen LogP contribution >= 0.6 is 0 Å². The normalized spacial score (nSPS) is 13.9. The van der Waals surface area contributed by atoms with Gasteiger partial charge in [0.2, 0.25) is 0 Å². The number of rotatable bonds is 6. The van der Waals surface area contributed by atoms with Gasteiger partial charge in [-0.15, -0.1) is 0 Å². The van der Waals surface area contributed by atoms with Crippen LogP contribution in [0.15, 0.2) is 24.3 Å². The molecule has 1 saturated heterocycles. The number of carbonyl (C=O) groups excluding carboxylic acids is 1. The molecule has 3 N–H and O–H groups in total. The van der Waals surface area contributed by atoms with E-state index >= 15 is 0 Å². The van der Waals surface area contributed by atoms with Gasteiger partial charge in [0.15, 0.2) is 0 Å². The van der Waals surface area contributed by atoms with Gasteiger partial charge >= 0.3 is 6.03 Å². The second kappa shape index (κ2) is 9.32. The van der Waals surface area contributed by atoms with Crippen molar-refractivity contribution in [2.45, 2.75) is 13.8 Å². The van der Waals surface area contributed by atoms with Crippen molar-refractivity contribution in [2.24, 2.45) is 0 Å². The molecule has 150 valence electrons. The monoisotopic (exact) mass is 388 g/mol.